The lowest BCUT2D eigenvalue weighted by atomic mass is 10.2. The first-order valence-electron chi connectivity index (χ1n) is 9.36. The van der Waals surface area contributed by atoms with Crippen molar-refractivity contribution in [2.75, 3.05) is 49.4 Å². The minimum Gasteiger partial charge on any atom is -0.447 e. The minimum absolute atomic E-state index is 0.0177. The van der Waals surface area contributed by atoms with Crippen LogP contribution in [0.4, 0.5) is 22.0 Å². The number of carbonyl (C=O) groups is 2. The van der Waals surface area contributed by atoms with Crippen LogP contribution in [0.15, 0.2) is 42.6 Å². The molecule has 4 N–H and O–H groups in total. The SMILES string of the molecule is COCCOC(=O)N[C@@H]1CCN(c2ccc(C(=O)Nc3ccccc3N)cn2)C1. The van der Waals surface area contributed by atoms with E-state index < -0.39 is 6.09 Å². The Bertz CT molecular complexity index is 843. The van der Waals surface area contributed by atoms with Gasteiger partial charge in [-0.25, -0.2) is 9.78 Å². The number of carbonyl (C=O) groups excluding carboxylic acids is 2. The van der Waals surface area contributed by atoms with Gasteiger partial charge < -0.3 is 30.7 Å². The van der Waals surface area contributed by atoms with E-state index >= 15 is 0 Å². The lowest BCUT2D eigenvalue weighted by Crippen LogP contribution is -2.38. The Morgan fingerprint density at radius 3 is 2.79 bits per heavy atom. The van der Waals surface area contributed by atoms with Crippen molar-refractivity contribution in [1.82, 2.24) is 10.3 Å². The molecule has 1 aliphatic rings. The summed E-state index contributed by atoms with van der Waals surface area (Å²) in [6.45, 7) is 1.96. The number of nitrogen functional groups attached to an aromatic ring is 1. The number of pyridine rings is 1. The Morgan fingerprint density at radius 1 is 1.24 bits per heavy atom. The summed E-state index contributed by atoms with van der Waals surface area (Å²) >= 11 is 0. The molecule has 2 aromatic rings. The van der Waals surface area contributed by atoms with Crippen LogP contribution in [-0.4, -0.2) is 56.4 Å². The molecule has 1 atom stereocenters. The van der Waals surface area contributed by atoms with E-state index in [-0.39, 0.29) is 18.6 Å². The smallest absolute Gasteiger partial charge is 0.407 e. The fourth-order valence-electron chi connectivity index (χ4n) is 3.02. The number of nitrogens with two attached hydrogens (primary N) is 1. The highest BCUT2D eigenvalue weighted by atomic mass is 16.6. The second-order valence-electron chi connectivity index (χ2n) is 6.65. The molecule has 1 saturated heterocycles. The molecule has 2 amide bonds. The van der Waals surface area contributed by atoms with Gasteiger partial charge in [0.1, 0.15) is 12.4 Å². The number of aromatic nitrogens is 1. The van der Waals surface area contributed by atoms with Gasteiger partial charge in [-0.1, -0.05) is 12.1 Å². The number of para-hydroxylation sites is 2. The summed E-state index contributed by atoms with van der Waals surface area (Å²) < 4.78 is 9.87. The van der Waals surface area contributed by atoms with Gasteiger partial charge in [0.25, 0.3) is 5.91 Å². The topological polar surface area (TPSA) is 119 Å². The molecule has 1 aromatic carbocycles. The van der Waals surface area contributed by atoms with E-state index in [4.69, 9.17) is 15.2 Å². The fourth-order valence-corrected chi connectivity index (χ4v) is 3.02. The quantitative estimate of drug-likeness (QED) is 0.480. The number of nitrogens with zero attached hydrogens (tertiary/aromatic N) is 2. The van der Waals surface area contributed by atoms with Gasteiger partial charge in [0.15, 0.2) is 0 Å². The first-order chi connectivity index (χ1) is 14.1. The lowest BCUT2D eigenvalue weighted by molar-refractivity contribution is 0.0968. The molecule has 0 saturated carbocycles. The number of nitrogens with one attached hydrogen (secondary N) is 2. The summed E-state index contributed by atoms with van der Waals surface area (Å²) in [5.74, 6) is 0.472. The number of benzene rings is 1. The second-order valence-corrected chi connectivity index (χ2v) is 6.65. The van der Waals surface area contributed by atoms with Gasteiger partial charge in [-0.15, -0.1) is 0 Å². The molecule has 3 rings (SSSR count). The highest BCUT2D eigenvalue weighted by molar-refractivity contribution is 6.05. The molecule has 0 spiro atoms. The normalized spacial score (nSPS) is 15.8. The molecule has 9 heteroatoms. The van der Waals surface area contributed by atoms with Crippen molar-refractivity contribution in [3.63, 3.8) is 0 Å². The second kappa shape index (κ2) is 9.74. The first kappa shape index (κ1) is 20.4. The summed E-state index contributed by atoms with van der Waals surface area (Å²) in [6, 6.07) is 10.6. The summed E-state index contributed by atoms with van der Waals surface area (Å²) in [4.78, 5) is 30.6. The molecule has 0 radical (unpaired) electrons. The molecule has 0 bridgehead atoms. The number of ether oxygens (including phenoxy) is 2. The van der Waals surface area contributed by atoms with Crippen LogP contribution in [0.2, 0.25) is 0 Å². The van der Waals surface area contributed by atoms with Gasteiger partial charge in [0.05, 0.1) is 29.6 Å². The molecule has 1 aromatic heterocycles. The van der Waals surface area contributed by atoms with E-state index in [1.807, 2.05) is 0 Å². The van der Waals surface area contributed by atoms with Crippen molar-refractivity contribution in [2.45, 2.75) is 12.5 Å². The van der Waals surface area contributed by atoms with Crippen LogP contribution in [0, 0.1) is 0 Å². The Morgan fingerprint density at radius 2 is 2.07 bits per heavy atom. The van der Waals surface area contributed by atoms with Crippen molar-refractivity contribution < 1.29 is 19.1 Å². The van der Waals surface area contributed by atoms with Gasteiger partial charge in [-0.3, -0.25) is 4.79 Å². The minimum atomic E-state index is -0.450. The maximum absolute atomic E-state index is 12.4. The summed E-state index contributed by atoms with van der Waals surface area (Å²) in [5, 5.41) is 5.61. The number of hydrogen-bond donors (Lipinski definition) is 3. The zero-order valence-electron chi connectivity index (χ0n) is 16.3. The molecule has 9 nitrogen and oxygen atoms in total. The molecule has 1 aliphatic heterocycles. The zero-order chi connectivity index (χ0) is 20.6. The number of rotatable bonds is 7. The standard InChI is InChI=1S/C20H25N5O4/c1-28-10-11-29-20(27)23-15-8-9-25(13-15)18-7-6-14(12-22-18)19(26)24-17-5-3-2-4-16(17)21/h2-7,12,15H,8-11,13,21H2,1H3,(H,23,27)(H,24,26)/t15-/m1/s1. The number of methoxy groups -OCH3 is 1. The summed E-state index contributed by atoms with van der Waals surface area (Å²) in [5.41, 5.74) is 7.35. The first-order valence-corrected chi connectivity index (χ1v) is 9.36. The molecular weight excluding hydrogens is 374 g/mol. The van der Waals surface area contributed by atoms with Crippen LogP contribution in [0.25, 0.3) is 0 Å². The average molecular weight is 399 g/mol. The van der Waals surface area contributed by atoms with Crippen molar-refractivity contribution in [2.24, 2.45) is 0 Å². The van der Waals surface area contributed by atoms with Crippen LogP contribution in [0.5, 0.6) is 0 Å². The third-order valence-electron chi connectivity index (χ3n) is 4.57. The lowest BCUT2D eigenvalue weighted by Gasteiger charge is -2.18. The predicted molar refractivity (Wildman–Crippen MR) is 110 cm³/mol. The maximum atomic E-state index is 12.4. The third kappa shape index (κ3) is 5.58. The number of amides is 2. The molecule has 1 fully saturated rings. The van der Waals surface area contributed by atoms with Crippen LogP contribution in [-0.2, 0) is 9.47 Å². The highest BCUT2D eigenvalue weighted by Crippen LogP contribution is 2.20. The van der Waals surface area contributed by atoms with Crippen LogP contribution in [0.3, 0.4) is 0 Å². The Kier molecular flexibility index (Phi) is 6.85. The van der Waals surface area contributed by atoms with E-state index in [1.54, 1.807) is 43.5 Å². The van der Waals surface area contributed by atoms with Crippen molar-refractivity contribution in [1.29, 1.82) is 0 Å². The largest absolute Gasteiger partial charge is 0.447 e. The summed E-state index contributed by atoms with van der Waals surface area (Å²) in [7, 11) is 1.55. The molecular formula is C20H25N5O4. The third-order valence-corrected chi connectivity index (χ3v) is 4.57. The molecule has 0 aliphatic carbocycles. The highest BCUT2D eigenvalue weighted by Gasteiger charge is 2.25. The summed E-state index contributed by atoms with van der Waals surface area (Å²) in [6.07, 6.45) is 1.87. The molecule has 29 heavy (non-hydrogen) atoms. The van der Waals surface area contributed by atoms with Crippen LogP contribution >= 0.6 is 0 Å². The van der Waals surface area contributed by atoms with Gasteiger partial charge in [-0.2, -0.15) is 0 Å². The van der Waals surface area contributed by atoms with Gasteiger partial charge in [0.2, 0.25) is 0 Å². The maximum Gasteiger partial charge on any atom is 0.407 e. The fraction of sp³-hybridized carbons (Fsp3) is 0.350. The monoisotopic (exact) mass is 399 g/mol. The number of hydrogen-bond acceptors (Lipinski definition) is 7. The van der Waals surface area contributed by atoms with E-state index in [2.05, 4.69) is 20.5 Å². The van der Waals surface area contributed by atoms with E-state index in [0.717, 1.165) is 18.8 Å². The Balaban J connectivity index is 1.52. The van der Waals surface area contributed by atoms with Crippen molar-refractivity contribution in [3.8, 4) is 0 Å². The van der Waals surface area contributed by atoms with Crippen LogP contribution in [0.1, 0.15) is 16.8 Å². The van der Waals surface area contributed by atoms with Crippen LogP contribution < -0.4 is 21.3 Å². The van der Waals surface area contributed by atoms with Gasteiger partial charge in [-0.05, 0) is 30.7 Å². The number of anilines is 3. The van der Waals surface area contributed by atoms with E-state index in [9.17, 15) is 9.59 Å². The Hall–Kier alpha value is -3.33. The van der Waals surface area contributed by atoms with Crippen molar-refractivity contribution >= 4 is 29.2 Å². The zero-order valence-corrected chi connectivity index (χ0v) is 16.3. The average Bonchev–Trinajstić information content (AvgIpc) is 3.18. The van der Waals surface area contributed by atoms with E-state index in [0.29, 0.717) is 30.1 Å². The predicted octanol–water partition coefficient (Wildman–Crippen LogP) is 1.87. The van der Waals surface area contributed by atoms with Gasteiger partial charge in [0, 0.05) is 26.4 Å². The molecule has 2 heterocycles. The van der Waals surface area contributed by atoms with E-state index in [1.165, 1.54) is 6.20 Å². The molecule has 0 unspecified atom stereocenters. The molecule has 154 valence electrons. The van der Waals surface area contributed by atoms with Gasteiger partial charge >= 0.3 is 6.09 Å². The number of alkyl carbamates (subject to hydrolysis) is 1. The van der Waals surface area contributed by atoms with Crippen molar-refractivity contribution in [3.05, 3.63) is 48.2 Å². The Labute approximate surface area is 169 Å².